The van der Waals surface area contributed by atoms with E-state index in [1.54, 1.807) is 49.4 Å². The second-order valence-electron chi connectivity index (χ2n) is 6.76. The van der Waals surface area contributed by atoms with Gasteiger partial charge in [-0.1, -0.05) is 66.2 Å². The standard InChI is InChI=1S/C23H23N3O3S/c1-18-13-15-21(16-14-18)26(30(28,29)22-11-7-4-8-12-22)17-23(27)25-24-19(2)20-9-5-3-6-10-20/h3-16H,17H2,1-2H3,(H,25,27)/b24-19+. The highest BCUT2D eigenvalue weighted by atomic mass is 32.2. The number of carbonyl (C=O) groups excluding carboxylic acids is 1. The fourth-order valence-corrected chi connectivity index (χ4v) is 4.24. The van der Waals surface area contributed by atoms with Gasteiger partial charge in [0.15, 0.2) is 0 Å². The zero-order chi connectivity index (χ0) is 21.6. The first-order valence-corrected chi connectivity index (χ1v) is 10.8. The summed E-state index contributed by atoms with van der Waals surface area (Å²) in [5, 5.41) is 4.11. The molecule has 0 saturated heterocycles. The number of anilines is 1. The fraction of sp³-hybridized carbons (Fsp3) is 0.130. The summed E-state index contributed by atoms with van der Waals surface area (Å²) in [6.45, 7) is 3.29. The Morgan fingerprint density at radius 1 is 0.900 bits per heavy atom. The van der Waals surface area contributed by atoms with Crippen LogP contribution in [0, 0.1) is 6.92 Å². The highest BCUT2D eigenvalue weighted by molar-refractivity contribution is 7.92. The minimum Gasteiger partial charge on any atom is -0.271 e. The molecule has 3 aromatic rings. The molecule has 1 amide bonds. The summed E-state index contributed by atoms with van der Waals surface area (Å²) in [7, 11) is -3.93. The maximum absolute atomic E-state index is 13.2. The molecule has 7 heteroatoms. The number of nitrogens with zero attached hydrogens (tertiary/aromatic N) is 2. The largest absolute Gasteiger partial charge is 0.271 e. The van der Waals surface area contributed by atoms with E-state index >= 15 is 0 Å². The molecule has 0 aliphatic rings. The Hall–Kier alpha value is -3.45. The molecule has 0 aromatic heterocycles. The lowest BCUT2D eigenvalue weighted by Gasteiger charge is -2.23. The molecule has 6 nitrogen and oxygen atoms in total. The first-order chi connectivity index (χ1) is 14.4. The number of hydrogen-bond acceptors (Lipinski definition) is 4. The average Bonchev–Trinajstić information content (AvgIpc) is 2.77. The predicted octanol–water partition coefficient (Wildman–Crippen LogP) is 3.73. The van der Waals surface area contributed by atoms with Crippen LogP contribution in [0.15, 0.2) is 94.9 Å². The van der Waals surface area contributed by atoms with E-state index in [-0.39, 0.29) is 4.90 Å². The monoisotopic (exact) mass is 421 g/mol. The molecular weight excluding hydrogens is 398 g/mol. The van der Waals surface area contributed by atoms with Crippen LogP contribution in [0.3, 0.4) is 0 Å². The van der Waals surface area contributed by atoms with Gasteiger partial charge in [0.1, 0.15) is 6.54 Å². The van der Waals surface area contributed by atoms with Crippen LogP contribution < -0.4 is 9.73 Å². The van der Waals surface area contributed by atoms with Crippen molar-refractivity contribution in [1.82, 2.24) is 5.43 Å². The number of amides is 1. The van der Waals surface area contributed by atoms with Gasteiger partial charge in [-0.05, 0) is 43.7 Å². The molecule has 30 heavy (non-hydrogen) atoms. The Bertz CT molecular complexity index is 1130. The molecule has 0 aliphatic carbocycles. The zero-order valence-electron chi connectivity index (χ0n) is 16.8. The van der Waals surface area contributed by atoms with Crippen molar-refractivity contribution in [2.75, 3.05) is 10.8 Å². The van der Waals surface area contributed by atoms with Crippen LogP contribution in [0.1, 0.15) is 18.1 Å². The Morgan fingerprint density at radius 3 is 2.07 bits per heavy atom. The molecular formula is C23H23N3O3S. The third-order valence-corrected chi connectivity index (χ3v) is 6.27. The number of nitrogens with one attached hydrogen (secondary N) is 1. The Balaban J connectivity index is 1.86. The van der Waals surface area contributed by atoms with E-state index in [0.717, 1.165) is 15.4 Å². The van der Waals surface area contributed by atoms with Crippen molar-refractivity contribution in [2.45, 2.75) is 18.7 Å². The fourth-order valence-electron chi connectivity index (χ4n) is 2.80. The van der Waals surface area contributed by atoms with Gasteiger partial charge in [0.25, 0.3) is 15.9 Å². The topological polar surface area (TPSA) is 78.8 Å². The Labute approximate surface area is 176 Å². The van der Waals surface area contributed by atoms with Gasteiger partial charge in [-0.25, -0.2) is 13.8 Å². The first-order valence-electron chi connectivity index (χ1n) is 9.41. The number of aryl methyl sites for hydroxylation is 1. The SMILES string of the molecule is C/C(=N\NC(=O)CN(c1ccc(C)cc1)S(=O)(=O)c1ccccc1)c1ccccc1. The number of sulfonamides is 1. The van der Waals surface area contributed by atoms with Gasteiger partial charge in [0.05, 0.1) is 16.3 Å². The predicted molar refractivity (Wildman–Crippen MR) is 119 cm³/mol. The average molecular weight is 422 g/mol. The summed E-state index contributed by atoms with van der Waals surface area (Å²) in [5.74, 6) is -0.537. The summed E-state index contributed by atoms with van der Waals surface area (Å²) in [6, 6.07) is 24.4. The van der Waals surface area contributed by atoms with E-state index in [2.05, 4.69) is 10.5 Å². The number of hydrogen-bond donors (Lipinski definition) is 1. The minimum absolute atomic E-state index is 0.113. The molecule has 0 spiro atoms. The molecule has 0 bridgehead atoms. The lowest BCUT2D eigenvalue weighted by molar-refractivity contribution is -0.119. The van der Waals surface area contributed by atoms with Gasteiger partial charge < -0.3 is 0 Å². The zero-order valence-corrected chi connectivity index (χ0v) is 17.6. The molecule has 0 unspecified atom stereocenters. The smallest absolute Gasteiger partial charge is 0.264 e. The van der Waals surface area contributed by atoms with Crippen LogP contribution >= 0.6 is 0 Å². The summed E-state index contributed by atoms with van der Waals surface area (Å²) in [4.78, 5) is 12.7. The number of hydrazone groups is 1. The normalized spacial score (nSPS) is 11.7. The molecule has 154 valence electrons. The van der Waals surface area contributed by atoms with Crippen LogP contribution in [0.25, 0.3) is 0 Å². The lowest BCUT2D eigenvalue weighted by atomic mass is 10.1. The van der Waals surface area contributed by atoms with Gasteiger partial charge >= 0.3 is 0 Å². The molecule has 0 saturated carbocycles. The van der Waals surface area contributed by atoms with Crippen molar-refractivity contribution >= 4 is 27.3 Å². The van der Waals surface area contributed by atoms with E-state index in [0.29, 0.717) is 11.4 Å². The molecule has 0 aliphatic heterocycles. The molecule has 0 radical (unpaired) electrons. The van der Waals surface area contributed by atoms with E-state index in [4.69, 9.17) is 0 Å². The van der Waals surface area contributed by atoms with Crippen molar-refractivity contribution in [3.63, 3.8) is 0 Å². The highest BCUT2D eigenvalue weighted by Crippen LogP contribution is 2.23. The van der Waals surface area contributed by atoms with Crippen LogP contribution in [-0.4, -0.2) is 26.6 Å². The third-order valence-electron chi connectivity index (χ3n) is 4.48. The summed E-state index contributed by atoms with van der Waals surface area (Å²) < 4.78 is 27.5. The quantitative estimate of drug-likeness (QED) is 0.466. The van der Waals surface area contributed by atoms with Crippen molar-refractivity contribution in [3.05, 3.63) is 96.1 Å². The van der Waals surface area contributed by atoms with Crippen molar-refractivity contribution in [1.29, 1.82) is 0 Å². The number of benzene rings is 3. The Kier molecular flexibility index (Phi) is 6.64. The molecule has 0 atom stereocenters. The molecule has 0 heterocycles. The first kappa shape index (κ1) is 21.3. The molecule has 3 aromatic carbocycles. The van der Waals surface area contributed by atoms with E-state index < -0.39 is 22.5 Å². The Morgan fingerprint density at radius 2 is 1.47 bits per heavy atom. The number of rotatable bonds is 7. The van der Waals surface area contributed by atoms with Gasteiger partial charge in [0.2, 0.25) is 0 Å². The van der Waals surface area contributed by atoms with Gasteiger partial charge in [-0.15, -0.1) is 0 Å². The van der Waals surface area contributed by atoms with E-state index in [1.165, 1.54) is 12.1 Å². The molecule has 3 rings (SSSR count). The second kappa shape index (κ2) is 9.37. The lowest BCUT2D eigenvalue weighted by Crippen LogP contribution is -2.39. The minimum atomic E-state index is -3.93. The summed E-state index contributed by atoms with van der Waals surface area (Å²) in [6.07, 6.45) is 0. The van der Waals surface area contributed by atoms with Crippen molar-refractivity contribution < 1.29 is 13.2 Å². The highest BCUT2D eigenvalue weighted by Gasteiger charge is 2.27. The van der Waals surface area contributed by atoms with Crippen LogP contribution in [0.4, 0.5) is 5.69 Å². The molecule has 0 fully saturated rings. The van der Waals surface area contributed by atoms with E-state index in [1.807, 2.05) is 37.3 Å². The third kappa shape index (κ3) is 5.12. The van der Waals surface area contributed by atoms with Gasteiger partial charge in [-0.3, -0.25) is 9.10 Å². The van der Waals surface area contributed by atoms with E-state index in [9.17, 15) is 13.2 Å². The maximum atomic E-state index is 13.2. The maximum Gasteiger partial charge on any atom is 0.264 e. The summed E-state index contributed by atoms with van der Waals surface area (Å²) >= 11 is 0. The van der Waals surface area contributed by atoms with Crippen molar-refractivity contribution in [3.8, 4) is 0 Å². The number of carbonyl (C=O) groups is 1. The van der Waals surface area contributed by atoms with Crippen LogP contribution in [-0.2, 0) is 14.8 Å². The van der Waals surface area contributed by atoms with Gasteiger partial charge in [0, 0.05) is 0 Å². The summed E-state index contributed by atoms with van der Waals surface area (Å²) in [5.41, 5.74) is 5.34. The van der Waals surface area contributed by atoms with Gasteiger partial charge in [-0.2, -0.15) is 5.10 Å². The van der Waals surface area contributed by atoms with Crippen molar-refractivity contribution in [2.24, 2.45) is 5.10 Å². The second-order valence-corrected chi connectivity index (χ2v) is 8.62. The van der Waals surface area contributed by atoms with Crippen LogP contribution in [0.2, 0.25) is 0 Å². The van der Waals surface area contributed by atoms with Crippen LogP contribution in [0.5, 0.6) is 0 Å². The molecule has 1 N–H and O–H groups in total.